The van der Waals surface area contributed by atoms with Crippen molar-refractivity contribution in [3.8, 4) is 5.75 Å². The maximum absolute atomic E-state index is 13.1. The van der Waals surface area contributed by atoms with Crippen molar-refractivity contribution in [2.45, 2.75) is 6.42 Å². The average Bonchev–Trinajstić information content (AvgIpc) is 2.86. The largest absolute Gasteiger partial charge is 0.496 e. The maximum Gasteiger partial charge on any atom is 0.278 e. The summed E-state index contributed by atoms with van der Waals surface area (Å²) in [7, 11) is 1.60. The summed E-state index contributed by atoms with van der Waals surface area (Å²) in [5.41, 5.74) is 1.46. The third kappa shape index (κ3) is 2.94. The van der Waals surface area contributed by atoms with Crippen LogP contribution in [0.1, 0.15) is 5.56 Å². The van der Waals surface area contributed by atoms with Crippen molar-refractivity contribution in [1.29, 1.82) is 0 Å². The van der Waals surface area contributed by atoms with Crippen LogP contribution in [0.25, 0.3) is 11.0 Å². The van der Waals surface area contributed by atoms with Gasteiger partial charge in [0, 0.05) is 24.2 Å². The predicted molar refractivity (Wildman–Crippen MR) is 76.9 cm³/mol. The molecule has 0 bridgehead atoms. The average molecular weight is 287 g/mol. The van der Waals surface area contributed by atoms with Gasteiger partial charge in [-0.1, -0.05) is 0 Å². The Balaban J connectivity index is 1.76. The smallest absolute Gasteiger partial charge is 0.278 e. The molecule has 108 valence electrons. The number of halogens is 1. The van der Waals surface area contributed by atoms with E-state index in [1.54, 1.807) is 31.5 Å². The minimum Gasteiger partial charge on any atom is -0.496 e. The Kier molecular flexibility index (Phi) is 3.68. The van der Waals surface area contributed by atoms with E-state index < -0.39 is 6.01 Å². The summed E-state index contributed by atoms with van der Waals surface area (Å²) in [6.45, 7) is 0.669. The fraction of sp³-hybridized carbons (Fsp3) is 0.200. The quantitative estimate of drug-likeness (QED) is 0.781. The van der Waals surface area contributed by atoms with E-state index in [1.807, 2.05) is 0 Å². The van der Waals surface area contributed by atoms with Gasteiger partial charge in [-0.15, -0.1) is 0 Å². The number of ether oxygens (including phenoxy) is 1. The Bertz CT molecular complexity index is 743. The summed E-state index contributed by atoms with van der Waals surface area (Å²) in [5.74, 6) is 1.47. The number of rotatable bonds is 5. The minimum atomic E-state index is -0.594. The van der Waals surface area contributed by atoms with Gasteiger partial charge in [0.05, 0.1) is 7.11 Å². The molecule has 0 fully saturated rings. The predicted octanol–water partition coefficient (Wildman–Crippen LogP) is 3.03. The zero-order valence-electron chi connectivity index (χ0n) is 11.5. The number of aromatic nitrogens is 2. The van der Waals surface area contributed by atoms with Gasteiger partial charge in [0.1, 0.15) is 23.5 Å². The highest BCUT2D eigenvalue weighted by Crippen LogP contribution is 2.28. The molecule has 0 aliphatic carbocycles. The molecule has 6 heteroatoms. The summed E-state index contributed by atoms with van der Waals surface area (Å²) in [4.78, 5) is 7.94. The lowest BCUT2D eigenvalue weighted by Crippen LogP contribution is -2.07. The first-order valence-electron chi connectivity index (χ1n) is 6.52. The Hall–Kier alpha value is -2.63. The van der Waals surface area contributed by atoms with Gasteiger partial charge in [0.25, 0.3) is 6.01 Å². The molecular weight excluding hydrogens is 273 g/mol. The number of furan rings is 1. The highest BCUT2D eigenvalue weighted by Gasteiger charge is 2.10. The first kappa shape index (κ1) is 13.4. The molecule has 0 spiro atoms. The minimum absolute atomic E-state index is 0.519. The summed E-state index contributed by atoms with van der Waals surface area (Å²) >= 11 is 0. The summed E-state index contributed by atoms with van der Waals surface area (Å²) in [6.07, 6.45) is 3.86. The van der Waals surface area contributed by atoms with Crippen molar-refractivity contribution in [3.05, 3.63) is 48.4 Å². The first-order chi connectivity index (χ1) is 10.3. The van der Waals surface area contributed by atoms with Crippen molar-refractivity contribution < 1.29 is 13.5 Å². The molecule has 1 N–H and O–H groups in total. The van der Waals surface area contributed by atoms with Crippen LogP contribution in [-0.4, -0.2) is 23.6 Å². The van der Waals surface area contributed by atoms with E-state index >= 15 is 0 Å². The number of fused-ring (bicyclic) bond motifs is 1. The second-order valence-electron chi connectivity index (χ2n) is 4.52. The lowest BCUT2D eigenvalue weighted by Gasteiger charge is -2.09. The zero-order valence-corrected chi connectivity index (χ0v) is 11.5. The normalized spacial score (nSPS) is 10.8. The SMILES string of the molecule is COc1cc2cc(F)oc2cc1CCNc1ccncn1. The van der Waals surface area contributed by atoms with Crippen LogP contribution in [-0.2, 0) is 6.42 Å². The molecule has 0 unspecified atom stereocenters. The monoisotopic (exact) mass is 287 g/mol. The number of nitrogens with zero attached hydrogens (tertiary/aromatic N) is 2. The van der Waals surface area contributed by atoms with E-state index in [9.17, 15) is 4.39 Å². The Labute approximate surface area is 120 Å². The van der Waals surface area contributed by atoms with Crippen molar-refractivity contribution >= 4 is 16.8 Å². The van der Waals surface area contributed by atoms with Crippen LogP contribution < -0.4 is 10.1 Å². The zero-order chi connectivity index (χ0) is 14.7. The third-order valence-electron chi connectivity index (χ3n) is 3.17. The topological polar surface area (TPSA) is 60.2 Å². The molecular formula is C15H14FN3O2. The Morgan fingerprint density at radius 2 is 2.24 bits per heavy atom. The van der Waals surface area contributed by atoms with E-state index in [4.69, 9.17) is 9.15 Å². The number of methoxy groups -OCH3 is 1. The van der Waals surface area contributed by atoms with Gasteiger partial charge in [-0.2, -0.15) is 4.39 Å². The molecule has 0 aliphatic heterocycles. The molecule has 3 rings (SSSR count). The van der Waals surface area contributed by atoms with Gasteiger partial charge in [0.2, 0.25) is 0 Å². The van der Waals surface area contributed by atoms with Crippen molar-refractivity contribution in [2.75, 3.05) is 19.0 Å². The second kappa shape index (κ2) is 5.78. The number of hydrogen-bond acceptors (Lipinski definition) is 5. The lowest BCUT2D eigenvalue weighted by atomic mass is 10.1. The van der Waals surface area contributed by atoms with Crippen molar-refractivity contribution in [2.24, 2.45) is 0 Å². The van der Waals surface area contributed by atoms with Gasteiger partial charge in [-0.05, 0) is 30.2 Å². The molecule has 2 heterocycles. The van der Waals surface area contributed by atoms with Crippen molar-refractivity contribution in [3.63, 3.8) is 0 Å². The van der Waals surface area contributed by atoms with Gasteiger partial charge >= 0.3 is 0 Å². The van der Waals surface area contributed by atoms with Crippen molar-refractivity contribution in [1.82, 2.24) is 9.97 Å². The van der Waals surface area contributed by atoms with Gasteiger partial charge < -0.3 is 14.5 Å². The Morgan fingerprint density at radius 1 is 1.33 bits per heavy atom. The van der Waals surface area contributed by atoms with Gasteiger partial charge in [0.15, 0.2) is 0 Å². The summed E-state index contributed by atoms with van der Waals surface area (Å²) in [6, 6.07) is 6.13. The van der Waals surface area contributed by atoms with Crippen LogP contribution in [0, 0.1) is 6.01 Å². The van der Waals surface area contributed by atoms with Crippen LogP contribution in [0.4, 0.5) is 10.2 Å². The van der Waals surface area contributed by atoms with E-state index in [1.165, 1.54) is 12.4 Å². The van der Waals surface area contributed by atoms with E-state index in [-0.39, 0.29) is 0 Å². The maximum atomic E-state index is 13.1. The van der Waals surface area contributed by atoms with Crippen LogP contribution in [0.15, 0.2) is 41.2 Å². The van der Waals surface area contributed by atoms with Crippen LogP contribution in [0.5, 0.6) is 5.75 Å². The Morgan fingerprint density at radius 3 is 3.00 bits per heavy atom. The summed E-state index contributed by atoms with van der Waals surface area (Å²) in [5, 5.41) is 3.88. The van der Waals surface area contributed by atoms with Crippen LogP contribution in [0.3, 0.4) is 0 Å². The van der Waals surface area contributed by atoms with Crippen LogP contribution in [0.2, 0.25) is 0 Å². The molecule has 0 atom stereocenters. The molecule has 0 radical (unpaired) electrons. The number of hydrogen-bond donors (Lipinski definition) is 1. The molecule has 0 saturated carbocycles. The molecule has 5 nitrogen and oxygen atoms in total. The highest BCUT2D eigenvalue weighted by atomic mass is 19.1. The molecule has 3 aromatic rings. The fourth-order valence-electron chi connectivity index (χ4n) is 2.18. The third-order valence-corrected chi connectivity index (χ3v) is 3.17. The first-order valence-corrected chi connectivity index (χ1v) is 6.52. The van der Waals surface area contributed by atoms with E-state index in [0.29, 0.717) is 29.7 Å². The van der Waals surface area contributed by atoms with Gasteiger partial charge in [-0.25, -0.2) is 9.97 Å². The molecule has 21 heavy (non-hydrogen) atoms. The number of nitrogens with one attached hydrogen (secondary N) is 1. The molecule has 0 aliphatic rings. The van der Waals surface area contributed by atoms with Crippen LogP contribution >= 0.6 is 0 Å². The highest BCUT2D eigenvalue weighted by molar-refractivity contribution is 5.80. The fourth-order valence-corrected chi connectivity index (χ4v) is 2.18. The molecule has 0 saturated heterocycles. The lowest BCUT2D eigenvalue weighted by molar-refractivity contribution is 0.380. The molecule has 2 aromatic heterocycles. The van der Waals surface area contributed by atoms with Gasteiger partial charge in [-0.3, -0.25) is 0 Å². The molecule has 0 amide bonds. The van der Waals surface area contributed by atoms with E-state index in [0.717, 1.165) is 11.4 Å². The standard InChI is InChI=1S/C15H14FN3O2/c1-20-12-7-11-8-14(16)21-13(11)6-10(12)2-5-18-15-3-4-17-9-19-15/h3-4,6-9H,2,5H2,1H3,(H,17,18,19). The number of benzene rings is 1. The summed E-state index contributed by atoms with van der Waals surface area (Å²) < 4.78 is 23.5. The number of anilines is 1. The molecule has 1 aromatic carbocycles. The second-order valence-corrected chi connectivity index (χ2v) is 4.52. The van der Waals surface area contributed by atoms with E-state index in [2.05, 4.69) is 15.3 Å².